The number of sulfone groups is 1. The number of carbonyl (C=O) groups excluding carboxylic acids is 1. The summed E-state index contributed by atoms with van der Waals surface area (Å²) in [6.07, 6.45) is 2.01. The summed E-state index contributed by atoms with van der Waals surface area (Å²) in [6, 6.07) is 0. The van der Waals surface area contributed by atoms with Crippen LogP contribution in [0.4, 0.5) is 0 Å². The van der Waals surface area contributed by atoms with Crippen LogP contribution in [0.5, 0.6) is 0 Å². The van der Waals surface area contributed by atoms with Gasteiger partial charge in [0.1, 0.15) is 9.84 Å². The Bertz CT molecular complexity index is 312. The zero-order valence-corrected chi connectivity index (χ0v) is 10.3. The molecule has 0 aromatic rings. The van der Waals surface area contributed by atoms with Crippen LogP contribution in [0.3, 0.4) is 0 Å². The molecule has 2 N–H and O–H groups in total. The Balaban J connectivity index is 4.28. The van der Waals surface area contributed by atoms with E-state index in [1.807, 2.05) is 0 Å². The van der Waals surface area contributed by atoms with Gasteiger partial charge < -0.3 is 10.5 Å². The van der Waals surface area contributed by atoms with Crippen molar-refractivity contribution in [3.05, 3.63) is 0 Å². The summed E-state index contributed by atoms with van der Waals surface area (Å²) in [5.74, 6) is -0.321. The van der Waals surface area contributed by atoms with Gasteiger partial charge in [-0.2, -0.15) is 0 Å². The maximum atomic E-state index is 11.4. The Morgan fingerprint density at radius 3 is 2.33 bits per heavy atom. The lowest BCUT2D eigenvalue weighted by Gasteiger charge is -2.24. The molecule has 1 unspecified atom stereocenters. The maximum Gasteiger partial charge on any atom is 0.312 e. The van der Waals surface area contributed by atoms with Gasteiger partial charge in [0, 0.05) is 18.6 Å². The van der Waals surface area contributed by atoms with Crippen LogP contribution in [0.2, 0.25) is 0 Å². The van der Waals surface area contributed by atoms with Crippen molar-refractivity contribution in [3.8, 4) is 0 Å². The van der Waals surface area contributed by atoms with Gasteiger partial charge in [0.15, 0.2) is 0 Å². The minimum absolute atomic E-state index is 0.0690. The van der Waals surface area contributed by atoms with Gasteiger partial charge >= 0.3 is 5.97 Å². The molecule has 0 rings (SSSR count). The van der Waals surface area contributed by atoms with E-state index in [9.17, 15) is 13.2 Å². The number of methoxy groups -OCH3 is 1. The first-order valence-corrected chi connectivity index (χ1v) is 6.77. The van der Waals surface area contributed by atoms with Crippen LogP contribution >= 0.6 is 0 Å². The van der Waals surface area contributed by atoms with Gasteiger partial charge in [-0.15, -0.1) is 0 Å². The van der Waals surface area contributed by atoms with Crippen molar-refractivity contribution in [3.63, 3.8) is 0 Å². The quantitative estimate of drug-likeness (QED) is 0.654. The van der Waals surface area contributed by atoms with Crippen molar-refractivity contribution in [1.29, 1.82) is 0 Å². The molecule has 0 aromatic carbocycles. The summed E-state index contributed by atoms with van der Waals surface area (Å²) in [7, 11) is -1.68. The molecule has 0 amide bonds. The molecule has 0 aliphatic heterocycles. The normalized spacial score (nSPS) is 15.7. The lowest BCUT2D eigenvalue weighted by Crippen LogP contribution is -2.37. The summed E-state index contributed by atoms with van der Waals surface area (Å²) < 4.78 is 26.4. The average Bonchev–Trinajstić information content (AvgIpc) is 2.14. The number of hydrogen-bond donors (Lipinski definition) is 1. The molecular weight excluding hydrogens is 218 g/mol. The topological polar surface area (TPSA) is 86.5 Å². The van der Waals surface area contributed by atoms with E-state index in [1.165, 1.54) is 13.4 Å². The number of carbonyl (C=O) groups is 1. The van der Waals surface area contributed by atoms with E-state index < -0.39 is 21.2 Å². The van der Waals surface area contributed by atoms with Gasteiger partial charge in [0.25, 0.3) is 0 Å². The third-order valence-corrected chi connectivity index (χ3v) is 3.40. The number of nitrogens with two attached hydrogens (primary N) is 1. The van der Waals surface area contributed by atoms with Crippen LogP contribution in [0.15, 0.2) is 0 Å². The second kappa shape index (κ2) is 5.46. The molecule has 0 heterocycles. The Morgan fingerprint density at radius 2 is 2.00 bits per heavy atom. The minimum Gasteiger partial charge on any atom is -0.469 e. The SMILES string of the molecule is COC(=O)C(C)(CN)CCCS(C)(=O)=O. The van der Waals surface area contributed by atoms with Crippen molar-refractivity contribution < 1.29 is 17.9 Å². The standard InChI is InChI=1S/C9H19NO4S/c1-9(7-10,8(11)14-2)5-4-6-15(3,12)13/h4-7,10H2,1-3H3. The van der Waals surface area contributed by atoms with Crippen LogP contribution in [-0.4, -0.2) is 40.1 Å². The Morgan fingerprint density at radius 1 is 1.47 bits per heavy atom. The van der Waals surface area contributed by atoms with Gasteiger partial charge in [-0.25, -0.2) is 8.42 Å². The second-order valence-electron chi connectivity index (χ2n) is 3.99. The van der Waals surface area contributed by atoms with Crippen molar-refractivity contribution in [2.24, 2.45) is 11.1 Å². The number of esters is 1. The summed E-state index contributed by atoms with van der Waals surface area (Å²) >= 11 is 0. The molecule has 0 saturated heterocycles. The van der Waals surface area contributed by atoms with E-state index in [2.05, 4.69) is 4.74 Å². The molecule has 0 spiro atoms. The van der Waals surface area contributed by atoms with E-state index >= 15 is 0 Å². The fourth-order valence-corrected chi connectivity index (χ4v) is 1.93. The third-order valence-electron chi connectivity index (χ3n) is 2.37. The van der Waals surface area contributed by atoms with Crippen LogP contribution in [0.1, 0.15) is 19.8 Å². The Hall–Kier alpha value is -0.620. The molecule has 0 aliphatic carbocycles. The molecule has 90 valence electrons. The van der Waals surface area contributed by atoms with Gasteiger partial charge in [-0.05, 0) is 19.8 Å². The largest absolute Gasteiger partial charge is 0.469 e. The number of ether oxygens (including phenoxy) is 1. The van der Waals surface area contributed by atoms with E-state index in [-0.39, 0.29) is 12.3 Å². The van der Waals surface area contributed by atoms with Gasteiger partial charge in [-0.3, -0.25) is 4.79 Å². The van der Waals surface area contributed by atoms with Crippen LogP contribution in [0.25, 0.3) is 0 Å². The number of hydrogen-bond acceptors (Lipinski definition) is 5. The van der Waals surface area contributed by atoms with Crippen LogP contribution < -0.4 is 5.73 Å². The lowest BCUT2D eigenvalue weighted by atomic mass is 9.86. The highest BCUT2D eigenvalue weighted by atomic mass is 32.2. The highest BCUT2D eigenvalue weighted by Gasteiger charge is 2.32. The Kier molecular flexibility index (Phi) is 5.23. The zero-order chi connectivity index (χ0) is 12.1. The molecule has 1 atom stereocenters. The Labute approximate surface area is 90.9 Å². The zero-order valence-electron chi connectivity index (χ0n) is 9.45. The molecule has 15 heavy (non-hydrogen) atoms. The summed E-state index contributed by atoms with van der Waals surface area (Å²) in [5.41, 5.74) is 4.70. The molecule has 5 nitrogen and oxygen atoms in total. The molecule has 0 saturated carbocycles. The smallest absolute Gasteiger partial charge is 0.312 e. The fourth-order valence-electron chi connectivity index (χ4n) is 1.26. The van der Waals surface area contributed by atoms with Gasteiger partial charge in [0.2, 0.25) is 0 Å². The molecule has 0 fully saturated rings. The monoisotopic (exact) mass is 237 g/mol. The predicted octanol–water partition coefficient (Wildman–Crippen LogP) is -0.0508. The molecule has 0 radical (unpaired) electrons. The van der Waals surface area contributed by atoms with Crippen molar-refractivity contribution in [2.45, 2.75) is 19.8 Å². The first-order chi connectivity index (χ1) is 6.75. The third kappa shape index (κ3) is 5.13. The van der Waals surface area contributed by atoms with Crippen molar-refractivity contribution in [2.75, 3.05) is 25.7 Å². The van der Waals surface area contributed by atoms with E-state index in [1.54, 1.807) is 6.92 Å². The average molecular weight is 237 g/mol. The summed E-state index contributed by atoms with van der Waals surface area (Å²) in [4.78, 5) is 11.4. The van der Waals surface area contributed by atoms with Crippen LogP contribution in [-0.2, 0) is 19.4 Å². The van der Waals surface area contributed by atoms with E-state index in [0.717, 1.165) is 0 Å². The first kappa shape index (κ1) is 14.4. The highest BCUT2D eigenvalue weighted by molar-refractivity contribution is 7.90. The lowest BCUT2D eigenvalue weighted by molar-refractivity contribution is -0.151. The first-order valence-electron chi connectivity index (χ1n) is 4.71. The molecular formula is C9H19NO4S. The predicted molar refractivity (Wildman–Crippen MR) is 58.1 cm³/mol. The summed E-state index contributed by atoms with van der Waals surface area (Å²) in [5, 5.41) is 0. The van der Waals surface area contributed by atoms with Crippen LogP contribution in [0, 0.1) is 5.41 Å². The maximum absolute atomic E-state index is 11.4. The van der Waals surface area contributed by atoms with Crippen molar-refractivity contribution >= 4 is 15.8 Å². The van der Waals surface area contributed by atoms with Gasteiger partial charge in [0.05, 0.1) is 12.5 Å². The summed E-state index contributed by atoms with van der Waals surface area (Å²) in [6.45, 7) is 1.84. The van der Waals surface area contributed by atoms with Gasteiger partial charge in [-0.1, -0.05) is 0 Å². The second-order valence-corrected chi connectivity index (χ2v) is 6.25. The van der Waals surface area contributed by atoms with E-state index in [0.29, 0.717) is 12.8 Å². The molecule has 6 heteroatoms. The molecule has 0 bridgehead atoms. The minimum atomic E-state index is -2.98. The molecule has 0 aromatic heterocycles. The van der Waals surface area contributed by atoms with E-state index in [4.69, 9.17) is 5.73 Å². The fraction of sp³-hybridized carbons (Fsp3) is 0.889. The number of rotatable bonds is 6. The highest BCUT2D eigenvalue weighted by Crippen LogP contribution is 2.23. The molecule has 0 aliphatic rings. The van der Waals surface area contributed by atoms with Crippen molar-refractivity contribution in [1.82, 2.24) is 0 Å².